The molecule has 3 nitrogen and oxygen atoms in total. The summed E-state index contributed by atoms with van der Waals surface area (Å²) in [6.07, 6.45) is 4.21. The van der Waals surface area contributed by atoms with Gasteiger partial charge < -0.3 is 10.1 Å². The fourth-order valence-electron chi connectivity index (χ4n) is 2.73. The molecule has 0 spiro atoms. The summed E-state index contributed by atoms with van der Waals surface area (Å²) in [7, 11) is 0. The standard InChI is InChI=1S/C13H13NO2/c15-12(16)6-8-4-5-9-7-14-11-3-1-2-10(8)13(9)11/h1-3,7-8,14H,4-6H2,(H,15,16)/t8-/m0/s1. The second-order valence-electron chi connectivity index (χ2n) is 4.42. The van der Waals surface area contributed by atoms with E-state index in [0.29, 0.717) is 0 Å². The Balaban J connectivity index is 2.15. The Morgan fingerprint density at radius 3 is 3.19 bits per heavy atom. The van der Waals surface area contributed by atoms with E-state index in [4.69, 9.17) is 5.11 Å². The first-order valence-electron chi connectivity index (χ1n) is 5.56. The number of aromatic nitrogens is 1. The van der Waals surface area contributed by atoms with Gasteiger partial charge in [0.2, 0.25) is 0 Å². The highest BCUT2D eigenvalue weighted by Gasteiger charge is 2.24. The molecule has 0 saturated heterocycles. The Kier molecular flexibility index (Phi) is 1.99. The highest BCUT2D eigenvalue weighted by atomic mass is 16.4. The molecule has 3 rings (SSSR count). The molecule has 1 aliphatic rings. The lowest BCUT2D eigenvalue weighted by molar-refractivity contribution is -0.137. The van der Waals surface area contributed by atoms with Crippen LogP contribution in [0.3, 0.4) is 0 Å². The molecule has 2 aromatic rings. The average Bonchev–Trinajstić information content (AvgIpc) is 2.67. The van der Waals surface area contributed by atoms with Crippen molar-refractivity contribution < 1.29 is 9.90 Å². The first-order chi connectivity index (χ1) is 7.75. The Labute approximate surface area is 93.1 Å². The van der Waals surface area contributed by atoms with Crippen molar-refractivity contribution in [3.05, 3.63) is 35.5 Å². The van der Waals surface area contributed by atoms with Gasteiger partial charge in [0.1, 0.15) is 0 Å². The number of hydrogen-bond donors (Lipinski definition) is 2. The summed E-state index contributed by atoms with van der Waals surface area (Å²) >= 11 is 0. The van der Waals surface area contributed by atoms with Crippen LogP contribution in [0.25, 0.3) is 10.9 Å². The molecule has 1 atom stereocenters. The van der Waals surface area contributed by atoms with Crippen molar-refractivity contribution in [1.82, 2.24) is 4.98 Å². The molecule has 1 aliphatic carbocycles. The minimum atomic E-state index is -0.707. The molecular weight excluding hydrogens is 202 g/mol. The number of aromatic amines is 1. The van der Waals surface area contributed by atoms with Crippen LogP contribution in [0, 0.1) is 0 Å². The Morgan fingerprint density at radius 2 is 2.38 bits per heavy atom. The number of hydrogen-bond acceptors (Lipinski definition) is 1. The Hall–Kier alpha value is -1.77. The predicted molar refractivity (Wildman–Crippen MR) is 61.6 cm³/mol. The Morgan fingerprint density at radius 1 is 1.50 bits per heavy atom. The number of aryl methyl sites for hydroxylation is 1. The summed E-state index contributed by atoms with van der Waals surface area (Å²) in [5.74, 6) is -0.537. The van der Waals surface area contributed by atoms with Gasteiger partial charge in [0.15, 0.2) is 0 Å². The van der Waals surface area contributed by atoms with Crippen molar-refractivity contribution in [2.45, 2.75) is 25.2 Å². The number of benzene rings is 1. The van der Waals surface area contributed by atoms with Crippen molar-refractivity contribution in [2.75, 3.05) is 0 Å². The van der Waals surface area contributed by atoms with Gasteiger partial charge in [-0.3, -0.25) is 4.79 Å². The van der Waals surface area contributed by atoms with Gasteiger partial charge in [-0.1, -0.05) is 12.1 Å². The summed E-state index contributed by atoms with van der Waals surface area (Å²) in [6, 6.07) is 6.11. The first-order valence-corrected chi connectivity index (χ1v) is 5.56. The van der Waals surface area contributed by atoms with E-state index in [1.165, 1.54) is 16.5 Å². The molecular formula is C13H13NO2. The number of rotatable bonds is 2. The van der Waals surface area contributed by atoms with Crippen LogP contribution in [0.4, 0.5) is 0 Å². The minimum absolute atomic E-state index is 0.171. The van der Waals surface area contributed by atoms with E-state index in [1.54, 1.807) is 0 Å². The maximum Gasteiger partial charge on any atom is 0.303 e. The molecule has 82 valence electrons. The van der Waals surface area contributed by atoms with Gasteiger partial charge in [0.05, 0.1) is 6.42 Å². The normalized spacial score (nSPS) is 18.9. The molecule has 1 aromatic carbocycles. The lowest BCUT2D eigenvalue weighted by Crippen LogP contribution is -2.11. The molecule has 0 aliphatic heterocycles. The van der Waals surface area contributed by atoms with Crippen LogP contribution in [-0.2, 0) is 11.2 Å². The monoisotopic (exact) mass is 215 g/mol. The molecule has 0 radical (unpaired) electrons. The number of carboxylic acids is 1. The maximum atomic E-state index is 10.8. The SMILES string of the molecule is O=C(O)C[C@@H]1CCc2c[nH]c3cccc1c23. The number of aliphatic carboxylic acids is 1. The van der Waals surface area contributed by atoms with E-state index in [9.17, 15) is 4.79 Å². The lowest BCUT2D eigenvalue weighted by atomic mass is 9.82. The van der Waals surface area contributed by atoms with Gasteiger partial charge in [-0.25, -0.2) is 0 Å². The van der Waals surface area contributed by atoms with Crippen molar-refractivity contribution in [3.8, 4) is 0 Å². The quantitative estimate of drug-likeness (QED) is 0.809. The van der Waals surface area contributed by atoms with Crippen LogP contribution >= 0.6 is 0 Å². The van der Waals surface area contributed by atoms with Crippen LogP contribution in [-0.4, -0.2) is 16.1 Å². The molecule has 0 saturated carbocycles. The third-order valence-corrected chi connectivity index (χ3v) is 3.44. The van der Waals surface area contributed by atoms with Gasteiger partial charge in [-0.2, -0.15) is 0 Å². The van der Waals surface area contributed by atoms with E-state index in [0.717, 1.165) is 18.4 Å². The third-order valence-electron chi connectivity index (χ3n) is 3.44. The van der Waals surface area contributed by atoms with Crippen molar-refractivity contribution in [3.63, 3.8) is 0 Å². The van der Waals surface area contributed by atoms with Gasteiger partial charge in [-0.15, -0.1) is 0 Å². The summed E-state index contributed by atoms with van der Waals surface area (Å²) in [4.78, 5) is 14.1. The van der Waals surface area contributed by atoms with Gasteiger partial charge in [0, 0.05) is 17.1 Å². The molecule has 2 N–H and O–H groups in total. The van der Waals surface area contributed by atoms with Gasteiger partial charge in [0.25, 0.3) is 0 Å². The van der Waals surface area contributed by atoms with E-state index < -0.39 is 5.97 Å². The second-order valence-corrected chi connectivity index (χ2v) is 4.42. The summed E-state index contributed by atoms with van der Waals surface area (Å²) in [6.45, 7) is 0. The van der Waals surface area contributed by atoms with Crippen molar-refractivity contribution in [1.29, 1.82) is 0 Å². The summed E-state index contributed by atoms with van der Waals surface area (Å²) in [5.41, 5.74) is 3.65. The summed E-state index contributed by atoms with van der Waals surface area (Å²) in [5, 5.41) is 10.2. The summed E-state index contributed by atoms with van der Waals surface area (Å²) < 4.78 is 0. The fourth-order valence-corrected chi connectivity index (χ4v) is 2.73. The van der Waals surface area contributed by atoms with Crippen LogP contribution in [0.1, 0.15) is 29.9 Å². The molecule has 3 heteroatoms. The van der Waals surface area contributed by atoms with Crippen molar-refractivity contribution in [2.24, 2.45) is 0 Å². The molecule has 16 heavy (non-hydrogen) atoms. The van der Waals surface area contributed by atoms with E-state index in [1.807, 2.05) is 18.3 Å². The van der Waals surface area contributed by atoms with E-state index in [-0.39, 0.29) is 12.3 Å². The zero-order chi connectivity index (χ0) is 11.1. The Bertz CT molecular complexity index is 556. The zero-order valence-corrected chi connectivity index (χ0v) is 8.86. The molecule has 1 aromatic heterocycles. The maximum absolute atomic E-state index is 10.8. The molecule has 1 heterocycles. The van der Waals surface area contributed by atoms with E-state index >= 15 is 0 Å². The van der Waals surface area contributed by atoms with Crippen LogP contribution in [0.2, 0.25) is 0 Å². The van der Waals surface area contributed by atoms with Crippen molar-refractivity contribution >= 4 is 16.9 Å². The number of carboxylic acid groups (broad SMARTS) is 1. The molecule has 0 bridgehead atoms. The van der Waals surface area contributed by atoms with Gasteiger partial charge in [-0.05, 0) is 36.0 Å². The number of nitrogens with one attached hydrogen (secondary N) is 1. The first kappa shape index (κ1) is 9.46. The number of H-pyrrole nitrogens is 1. The smallest absolute Gasteiger partial charge is 0.303 e. The minimum Gasteiger partial charge on any atom is -0.481 e. The largest absolute Gasteiger partial charge is 0.481 e. The fraction of sp³-hybridized carbons (Fsp3) is 0.308. The number of carbonyl (C=O) groups is 1. The topological polar surface area (TPSA) is 53.1 Å². The van der Waals surface area contributed by atoms with Crippen LogP contribution in [0.5, 0.6) is 0 Å². The second kappa shape index (κ2) is 3.37. The lowest BCUT2D eigenvalue weighted by Gasteiger charge is -2.21. The average molecular weight is 215 g/mol. The molecule has 0 fully saturated rings. The zero-order valence-electron chi connectivity index (χ0n) is 8.86. The highest BCUT2D eigenvalue weighted by molar-refractivity contribution is 5.88. The highest BCUT2D eigenvalue weighted by Crippen LogP contribution is 2.38. The van der Waals surface area contributed by atoms with Gasteiger partial charge >= 0.3 is 5.97 Å². The third kappa shape index (κ3) is 1.32. The molecule has 0 amide bonds. The molecule has 0 unspecified atom stereocenters. The predicted octanol–water partition coefficient (Wildman–Crippen LogP) is 2.67. The van der Waals surface area contributed by atoms with E-state index in [2.05, 4.69) is 11.1 Å². The van der Waals surface area contributed by atoms with Crippen LogP contribution < -0.4 is 0 Å². The van der Waals surface area contributed by atoms with Crippen LogP contribution in [0.15, 0.2) is 24.4 Å².